The van der Waals surface area contributed by atoms with Gasteiger partial charge in [0, 0.05) is 18.6 Å². The predicted molar refractivity (Wildman–Crippen MR) is 62.2 cm³/mol. The maximum atomic E-state index is 11.9. The lowest BCUT2D eigenvalue weighted by Crippen LogP contribution is -2.54. The first-order valence-electron chi connectivity index (χ1n) is 6.37. The summed E-state index contributed by atoms with van der Waals surface area (Å²) >= 11 is 0. The zero-order chi connectivity index (χ0) is 11.4. The van der Waals surface area contributed by atoms with E-state index in [2.05, 4.69) is 17.6 Å². The van der Waals surface area contributed by atoms with Gasteiger partial charge in [0.1, 0.15) is 0 Å². The fraction of sp³-hybridized carbons (Fsp3) is 0.917. The molecule has 92 valence electrons. The zero-order valence-corrected chi connectivity index (χ0v) is 10.1. The van der Waals surface area contributed by atoms with Gasteiger partial charge in [-0.25, -0.2) is 0 Å². The van der Waals surface area contributed by atoms with E-state index in [1.165, 1.54) is 6.42 Å². The van der Waals surface area contributed by atoms with E-state index in [0.29, 0.717) is 6.42 Å². The number of hydrogen-bond donors (Lipinski definition) is 2. The summed E-state index contributed by atoms with van der Waals surface area (Å²) in [5.41, 5.74) is 0.110. The van der Waals surface area contributed by atoms with Crippen molar-refractivity contribution in [2.45, 2.75) is 50.7 Å². The van der Waals surface area contributed by atoms with Gasteiger partial charge in [0.2, 0.25) is 5.91 Å². The van der Waals surface area contributed by atoms with E-state index in [0.717, 1.165) is 39.0 Å². The first kappa shape index (κ1) is 11.9. The van der Waals surface area contributed by atoms with Crippen molar-refractivity contribution < 1.29 is 9.53 Å². The normalized spacial score (nSPS) is 28.2. The van der Waals surface area contributed by atoms with Gasteiger partial charge in [0.15, 0.2) is 0 Å². The Bertz CT molecular complexity index is 240. The summed E-state index contributed by atoms with van der Waals surface area (Å²) in [7, 11) is 0. The Hall–Kier alpha value is -0.610. The highest BCUT2D eigenvalue weighted by atomic mass is 16.5. The Morgan fingerprint density at radius 2 is 2.38 bits per heavy atom. The average molecular weight is 226 g/mol. The van der Waals surface area contributed by atoms with Crippen molar-refractivity contribution in [1.29, 1.82) is 0 Å². The van der Waals surface area contributed by atoms with Crippen molar-refractivity contribution in [3.63, 3.8) is 0 Å². The Labute approximate surface area is 97.1 Å². The van der Waals surface area contributed by atoms with Crippen LogP contribution in [0.2, 0.25) is 0 Å². The summed E-state index contributed by atoms with van der Waals surface area (Å²) < 4.78 is 5.53. The second-order valence-electron chi connectivity index (χ2n) is 4.94. The molecule has 0 radical (unpaired) electrons. The molecule has 0 aromatic carbocycles. The van der Waals surface area contributed by atoms with Crippen molar-refractivity contribution in [2.24, 2.45) is 0 Å². The van der Waals surface area contributed by atoms with Crippen LogP contribution < -0.4 is 10.6 Å². The zero-order valence-electron chi connectivity index (χ0n) is 10.1. The van der Waals surface area contributed by atoms with Crippen LogP contribution in [0.5, 0.6) is 0 Å². The minimum absolute atomic E-state index is 0.0581. The lowest BCUT2D eigenvalue weighted by Gasteiger charge is -2.42. The van der Waals surface area contributed by atoms with Crippen LogP contribution in [0.25, 0.3) is 0 Å². The van der Waals surface area contributed by atoms with E-state index in [4.69, 9.17) is 4.74 Å². The molecule has 1 unspecified atom stereocenters. The van der Waals surface area contributed by atoms with Crippen LogP contribution in [0, 0.1) is 0 Å². The van der Waals surface area contributed by atoms with Crippen molar-refractivity contribution in [3.05, 3.63) is 0 Å². The van der Waals surface area contributed by atoms with E-state index in [9.17, 15) is 4.79 Å². The summed E-state index contributed by atoms with van der Waals surface area (Å²) in [5, 5.41) is 6.42. The highest BCUT2D eigenvalue weighted by molar-refractivity contribution is 5.77. The van der Waals surface area contributed by atoms with Crippen LogP contribution in [-0.4, -0.2) is 37.2 Å². The monoisotopic (exact) mass is 226 g/mol. The number of amides is 1. The summed E-state index contributed by atoms with van der Waals surface area (Å²) in [5.74, 6) is 0.148. The molecule has 1 saturated heterocycles. The Morgan fingerprint density at radius 3 is 2.88 bits per heavy atom. The minimum atomic E-state index is 0.0581. The number of ether oxygens (including phenoxy) is 1. The molecule has 0 spiro atoms. The average Bonchev–Trinajstić information content (AvgIpc) is 2.25. The van der Waals surface area contributed by atoms with Crippen LogP contribution in [0.4, 0.5) is 0 Å². The summed E-state index contributed by atoms with van der Waals surface area (Å²) in [4.78, 5) is 11.9. The topological polar surface area (TPSA) is 50.4 Å². The smallest absolute Gasteiger partial charge is 0.223 e. The number of morpholine rings is 1. The van der Waals surface area contributed by atoms with E-state index in [1.807, 2.05) is 0 Å². The Balaban J connectivity index is 1.74. The van der Waals surface area contributed by atoms with Gasteiger partial charge in [-0.2, -0.15) is 0 Å². The SMILES string of the molecule is CCC1(NC(=O)CC2CNCCO2)CCC1. The molecule has 16 heavy (non-hydrogen) atoms. The number of carbonyl (C=O) groups is 1. The third-order valence-electron chi connectivity index (χ3n) is 3.81. The maximum absolute atomic E-state index is 11.9. The largest absolute Gasteiger partial charge is 0.375 e. The van der Waals surface area contributed by atoms with Crippen LogP contribution in [0.15, 0.2) is 0 Å². The second-order valence-corrected chi connectivity index (χ2v) is 4.94. The van der Waals surface area contributed by atoms with Crippen molar-refractivity contribution in [1.82, 2.24) is 10.6 Å². The molecule has 1 heterocycles. The molecular formula is C12H22N2O2. The quantitative estimate of drug-likeness (QED) is 0.746. The van der Waals surface area contributed by atoms with Gasteiger partial charge in [-0.1, -0.05) is 6.92 Å². The predicted octanol–water partition coefficient (Wildman–Crippen LogP) is 0.814. The molecule has 0 bridgehead atoms. The van der Waals surface area contributed by atoms with Crippen LogP contribution in [-0.2, 0) is 9.53 Å². The van der Waals surface area contributed by atoms with E-state index in [-0.39, 0.29) is 17.6 Å². The Kier molecular flexibility index (Phi) is 3.82. The van der Waals surface area contributed by atoms with E-state index in [1.54, 1.807) is 0 Å². The van der Waals surface area contributed by atoms with Gasteiger partial charge in [-0.15, -0.1) is 0 Å². The van der Waals surface area contributed by atoms with E-state index < -0.39 is 0 Å². The highest BCUT2D eigenvalue weighted by Gasteiger charge is 2.36. The molecular weight excluding hydrogens is 204 g/mol. The van der Waals surface area contributed by atoms with Gasteiger partial charge in [-0.05, 0) is 25.7 Å². The number of hydrogen-bond acceptors (Lipinski definition) is 3. The van der Waals surface area contributed by atoms with Gasteiger partial charge in [0.05, 0.1) is 19.1 Å². The van der Waals surface area contributed by atoms with Crippen LogP contribution in [0.1, 0.15) is 39.0 Å². The molecule has 2 fully saturated rings. The molecule has 1 atom stereocenters. The standard InChI is InChI=1S/C12H22N2O2/c1-2-12(4-3-5-12)14-11(15)8-10-9-13-6-7-16-10/h10,13H,2-9H2,1H3,(H,14,15). The summed E-state index contributed by atoms with van der Waals surface area (Å²) in [6.45, 7) is 4.57. The maximum Gasteiger partial charge on any atom is 0.223 e. The van der Waals surface area contributed by atoms with Crippen molar-refractivity contribution in [2.75, 3.05) is 19.7 Å². The lowest BCUT2D eigenvalue weighted by atomic mass is 9.75. The molecule has 2 N–H and O–H groups in total. The number of rotatable bonds is 4. The van der Waals surface area contributed by atoms with Crippen molar-refractivity contribution >= 4 is 5.91 Å². The first-order valence-corrected chi connectivity index (χ1v) is 6.37. The lowest BCUT2D eigenvalue weighted by molar-refractivity contribution is -0.127. The summed E-state index contributed by atoms with van der Waals surface area (Å²) in [6, 6.07) is 0. The molecule has 0 aromatic heterocycles. The molecule has 1 amide bonds. The van der Waals surface area contributed by atoms with Crippen LogP contribution >= 0.6 is 0 Å². The number of carbonyl (C=O) groups excluding carboxylic acids is 1. The molecule has 1 aliphatic heterocycles. The third kappa shape index (κ3) is 2.74. The molecule has 2 aliphatic rings. The molecule has 0 aromatic rings. The summed E-state index contributed by atoms with van der Waals surface area (Å²) in [6.07, 6.45) is 5.12. The number of nitrogens with one attached hydrogen (secondary N) is 2. The molecule has 4 nitrogen and oxygen atoms in total. The highest BCUT2D eigenvalue weighted by Crippen LogP contribution is 2.34. The minimum Gasteiger partial charge on any atom is -0.375 e. The molecule has 1 saturated carbocycles. The fourth-order valence-corrected chi connectivity index (χ4v) is 2.47. The van der Waals surface area contributed by atoms with Gasteiger partial charge in [-0.3, -0.25) is 4.79 Å². The Morgan fingerprint density at radius 1 is 1.56 bits per heavy atom. The first-order chi connectivity index (χ1) is 7.74. The third-order valence-corrected chi connectivity index (χ3v) is 3.81. The van der Waals surface area contributed by atoms with E-state index >= 15 is 0 Å². The van der Waals surface area contributed by atoms with Gasteiger partial charge in [0.25, 0.3) is 0 Å². The molecule has 2 rings (SSSR count). The molecule has 4 heteroatoms. The molecule has 1 aliphatic carbocycles. The van der Waals surface area contributed by atoms with Gasteiger partial charge < -0.3 is 15.4 Å². The van der Waals surface area contributed by atoms with Crippen LogP contribution in [0.3, 0.4) is 0 Å². The second kappa shape index (κ2) is 5.15. The van der Waals surface area contributed by atoms with Crippen molar-refractivity contribution in [3.8, 4) is 0 Å². The fourth-order valence-electron chi connectivity index (χ4n) is 2.47. The van der Waals surface area contributed by atoms with Gasteiger partial charge >= 0.3 is 0 Å².